The van der Waals surface area contributed by atoms with E-state index in [4.69, 9.17) is 4.74 Å². The summed E-state index contributed by atoms with van der Waals surface area (Å²) in [4.78, 5) is 12.3. The Morgan fingerprint density at radius 2 is 1.63 bits per heavy atom. The van der Waals surface area contributed by atoms with Gasteiger partial charge in [0.2, 0.25) is 10.0 Å². The Kier molecular flexibility index (Phi) is 6.87. The Bertz CT molecular complexity index is 1110. The quantitative estimate of drug-likeness (QED) is 0.576. The van der Waals surface area contributed by atoms with Crippen LogP contribution in [-0.4, -0.2) is 20.9 Å². The molecule has 0 bridgehead atoms. The number of sulfonamides is 1. The molecule has 3 aromatic carbocycles. The van der Waals surface area contributed by atoms with Gasteiger partial charge in [0.15, 0.2) is 6.61 Å². The van der Waals surface area contributed by atoms with E-state index >= 15 is 0 Å². The van der Waals surface area contributed by atoms with E-state index in [0.29, 0.717) is 5.75 Å². The van der Waals surface area contributed by atoms with Gasteiger partial charge in [-0.25, -0.2) is 13.1 Å². The summed E-state index contributed by atoms with van der Waals surface area (Å²) in [5.74, 6) is 0.121. The maximum atomic E-state index is 12.4. The van der Waals surface area contributed by atoms with Crippen molar-refractivity contribution in [2.24, 2.45) is 0 Å². The summed E-state index contributed by atoms with van der Waals surface area (Å²) >= 11 is 0. The highest BCUT2D eigenvalue weighted by molar-refractivity contribution is 7.89. The van der Waals surface area contributed by atoms with Crippen LogP contribution >= 0.6 is 0 Å². The first-order chi connectivity index (χ1) is 14.3. The van der Waals surface area contributed by atoms with Crippen molar-refractivity contribution in [3.63, 3.8) is 0 Å². The van der Waals surface area contributed by atoms with E-state index in [1.807, 2.05) is 62.4 Å². The molecule has 0 atom stereocenters. The van der Waals surface area contributed by atoms with Crippen LogP contribution in [0.15, 0.2) is 77.7 Å². The molecule has 0 aliphatic rings. The Hall–Kier alpha value is -3.16. The second kappa shape index (κ2) is 9.56. The summed E-state index contributed by atoms with van der Waals surface area (Å²) in [6.45, 7) is 3.95. The second-order valence-corrected chi connectivity index (χ2v) is 8.70. The van der Waals surface area contributed by atoms with Gasteiger partial charge in [-0.15, -0.1) is 0 Å². The standard InChI is InChI=1S/C23H24N2O4S/c1-17-8-13-22(18(2)14-17)25-23(26)16-29-20-9-11-21(12-10-20)30(27,28)24-15-19-6-4-3-5-7-19/h3-14,24H,15-16H2,1-2H3,(H,25,26). The zero-order valence-corrected chi connectivity index (χ0v) is 17.7. The van der Waals surface area contributed by atoms with Crippen LogP contribution in [0.3, 0.4) is 0 Å². The molecule has 2 N–H and O–H groups in total. The largest absolute Gasteiger partial charge is 0.484 e. The van der Waals surface area contributed by atoms with E-state index in [0.717, 1.165) is 22.4 Å². The zero-order valence-electron chi connectivity index (χ0n) is 16.9. The van der Waals surface area contributed by atoms with Crippen molar-refractivity contribution < 1.29 is 17.9 Å². The topological polar surface area (TPSA) is 84.5 Å². The van der Waals surface area contributed by atoms with E-state index in [9.17, 15) is 13.2 Å². The Morgan fingerprint density at radius 1 is 0.933 bits per heavy atom. The lowest BCUT2D eigenvalue weighted by molar-refractivity contribution is -0.118. The number of hydrogen-bond donors (Lipinski definition) is 2. The molecule has 0 radical (unpaired) electrons. The van der Waals surface area contributed by atoms with Crippen LogP contribution in [0.25, 0.3) is 0 Å². The first-order valence-corrected chi connectivity index (χ1v) is 11.0. The highest BCUT2D eigenvalue weighted by Gasteiger charge is 2.14. The van der Waals surface area contributed by atoms with Gasteiger partial charge in [-0.2, -0.15) is 0 Å². The Balaban J connectivity index is 1.54. The minimum Gasteiger partial charge on any atom is -0.484 e. The molecule has 0 heterocycles. The molecule has 0 aliphatic carbocycles. The molecule has 0 aliphatic heterocycles. The van der Waals surface area contributed by atoms with Gasteiger partial charge < -0.3 is 10.1 Å². The van der Waals surface area contributed by atoms with Gasteiger partial charge in [-0.3, -0.25) is 4.79 Å². The van der Waals surface area contributed by atoms with E-state index in [1.54, 1.807) is 0 Å². The van der Waals surface area contributed by atoms with Gasteiger partial charge in [0, 0.05) is 12.2 Å². The lowest BCUT2D eigenvalue weighted by atomic mass is 10.1. The van der Waals surface area contributed by atoms with E-state index in [-0.39, 0.29) is 24.0 Å². The minimum absolute atomic E-state index is 0.130. The molecule has 0 saturated heterocycles. The van der Waals surface area contributed by atoms with Crippen molar-refractivity contribution in [3.05, 3.63) is 89.5 Å². The van der Waals surface area contributed by atoms with Crippen LogP contribution in [-0.2, 0) is 21.4 Å². The average molecular weight is 425 g/mol. The van der Waals surface area contributed by atoms with E-state index in [2.05, 4.69) is 10.0 Å². The first-order valence-electron chi connectivity index (χ1n) is 9.47. The molecule has 1 amide bonds. The monoisotopic (exact) mass is 424 g/mol. The van der Waals surface area contributed by atoms with Crippen molar-refractivity contribution in [3.8, 4) is 5.75 Å². The van der Waals surface area contributed by atoms with Gasteiger partial charge in [0.05, 0.1) is 4.90 Å². The average Bonchev–Trinajstić information content (AvgIpc) is 2.74. The van der Waals surface area contributed by atoms with Crippen LogP contribution in [0, 0.1) is 13.8 Å². The molecular weight excluding hydrogens is 400 g/mol. The van der Waals surface area contributed by atoms with Gasteiger partial charge >= 0.3 is 0 Å². The number of carbonyl (C=O) groups is 1. The van der Waals surface area contributed by atoms with Crippen molar-refractivity contribution in [2.75, 3.05) is 11.9 Å². The smallest absolute Gasteiger partial charge is 0.262 e. The number of nitrogens with one attached hydrogen (secondary N) is 2. The number of amides is 1. The molecule has 0 unspecified atom stereocenters. The van der Waals surface area contributed by atoms with Crippen LogP contribution in [0.5, 0.6) is 5.75 Å². The predicted molar refractivity (Wildman–Crippen MR) is 117 cm³/mol. The molecule has 0 saturated carbocycles. The minimum atomic E-state index is -3.64. The van der Waals surface area contributed by atoms with Crippen LogP contribution in [0.1, 0.15) is 16.7 Å². The molecule has 7 heteroatoms. The predicted octanol–water partition coefficient (Wildman–Crippen LogP) is 3.80. The normalized spacial score (nSPS) is 11.1. The number of aryl methyl sites for hydroxylation is 2. The number of rotatable bonds is 8. The zero-order chi connectivity index (χ0) is 21.6. The van der Waals surface area contributed by atoms with Crippen LogP contribution < -0.4 is 14.8 Å². The summed E-state index contributed by atoms with van der Waals surface area (Å²) < 4.78 is 32.9. The maximum absolute atomic E-state index is 12.4. The van der Waals surface area contributed by atoms with Crippen molar-refractivity contribution in [2.45, 2.75) is 25.3 Å². The number of anilines is 1. The fraction of sp³-hybridized carbons (Fsp3) is 0.174. The second-order valence-electron chi connectivity index (χ2n) is 6.94. The molecule has 3 aromatic rings. The molecule has 0 aromatic heterocycles. The number of hydrogen-bond acceptors (Lipinski definition) is 4. The molecular formula is C23H24N2O4S. The fourth-order valence-corrected chi connectivity index (χ4v) is 3.88. The van der Waals surface area contributed by atoms with E-state index < -0.39 is 10.0 Å². The fourth-order valence-electron chi connectivity index (χ4n) is 2.86. The van der Waals surface area contributed by atoms with Gasteiger partial charge in [-0.05, 0) is 55.3 Å². The number of benzene rings is 3. The molecule has 0 fully saturated rings. The van der Waals surface area contributed by atoms with Gasteiger partial charge in [0.25, 0.3) is 5.91 Å². The lowest BCUT2D eigenvalue weighted by Gasteiger charge is -2.11. The highest BCUT2D eigenvalue weighted by atomic mass is 32.2. The number of ether oxygens (including phenoxy) is 1. The molecule has 6 nitrogen and oxygen atoms in total. The van der Waals surface area contributed by atoms with Gasteiger partial charge in [0.1, 0.15) is 5.75 Å². The SMILES string of the molecule is Cc1ccc(NC(=O)COc2ccc(S(=O)(=O)NCc3ccccc3)cc2)c(C)c1. The Labute approximate surface area is 177 Å². The van der Waals surface area contributed by atoms with Crippen molar-refractivity contribution in [1.29, 1.82) is 0 Å². The molecule has 156 valence electrons. The molecule has 30 heavy (non-hydrogen) atoms. The Morgan fingerprint density at radius 3 is 2.30 bits per heavy atom. The number of carbonyl (C=O) groups excluding carboxylic acids is 1. The maximum Gasteiger partial charge on any atom is 0.262 e. The highest BCUT2D eigenvalue weighted by Crippen LogP contribution is 2.18. The van der Waals surface area contributed by atoms with E-state index in [1.165, 1.54) is 24.3 Å². The summed E-state index contributed by atoms with van der Waals surface area (Å²) in [6, 6.07) is 21.0. The summed E-state index contributed by atoms with van der Waals surface area (Å²) in [5, 5.41) is 2.81. The third-order valence-electron chi connectivity index (χ3n) is 4.47. The summed E-state index contributed by atoms with van der Waals surface area (Å²) in [6.07, 6.45) is 0. The van der Waals surface area contributed by atoms with Gasteiger partial charge in [-0.1, -0.05) is 48.0 Å². The first kappa shape index (κ1) is 21.5. The molecule has 3 rings (SSSR count). The van der Waals surface area contributed by atoms with Crippen molar-refractivity contribution >= 4 is 21.6 Å². The van der Waals surface area contributed by atoms with Crippen LogP contribution in [0.2, 0.25) is 0 Å². The summed E-state index contributed by atoms with van der Waals surface area (Å²) in [7, 11) is -3.64. The summed E-state index contributed by atoms with van der Waals surface area (Å²) in [5.41, 5.74) is 3.70. The third kappa shape index (κ3) is 5.92. The van der Waals surface area contributed by atoms with Crippen LogP contribution in [0.4, 0.5) is 5.69 Å². The molecule has 0 spiro atoms. The lowest BCUT2D eigenvalue weighted by Crippen LogP contribution is -2.23. The third-order valence-corrected chi connectivity index (χ3v) is 5.89. The van der Waals surface area contributed by atoms with Crippen molar-refractivity contribution in [1.82, 2.24) is 4.72 Å².